The molecule has 42 heavy (non-hydrogen) atoms. The van der Waals surface area contributed by atoms with Gasteiger partial charge in [-0.2, -0.15) is 0 Å². The van der Waals surface area contributed by atoms with Gasteiger partial charge in [-0.25, -0.2) is 0 Å². The van der Waals surface area contributed by atoms with Crippen molar-refractivity contribution >= 4 is 0 Å². The van der Waals surface area contributed by atoms with Crippen LogP contribution in [0.15, 0.2) is 54.6 Å². The van der Waals surface area contributed by atoms with E-state index in [0.29, 0.717) is 5.56 Å². The molecule has 4 aromatic carbocycles. The van der Waals surface area contributed by atoms with Crippen LogP contribution in [0.25, 0.3) is 0 Å². The Morgan fingerprint density at radius 3 is 2.00 bits per heavy atom. The maximum absolute atomic E-state index is 11.9. The molecule has 3 aliphatic rings. The molecule has 0 radical (unpaired) electrons. The first-order chi connectivity index (χ1) is 20.0. The molecule has 0 fully saturated rings. The molecular weight excluding hydrogens is 552 g/mol. The van der Waals surface area contributed by atoms with E-state index in [2.05, 4.69) is 0 Å². The molecule has 7 rings (SSSR count). The van der Waals surface area contributed by atoms with E-state index in [1.54, 1.807) is 0 Å². The molecule has 12 nitrogen and oxygen atoms in total. The molecule has 0 aromatic heterocycles. The molecule has 5 atom stereocenters. The molecule has 0 spiro atoms. The first-order valence-corrected chi connectivity index (χ1v) is 12.9. The molecule has 2 bridgehead atoms. The van der Waals surface area contributed by atoms with Gasteiger partial charge in [0.2, 0.25) is 0 Å². The Kier molecular flexibility index (Phi) is 5.30. The largest absolute Gasteiger partial charge is 0.508 e. The number of phenolic OH excluding ortho intramolecular Hbond substituents is 7. The van der Waals surface area contributed by atoms with Crippen LogP contribution in [-0.2, 0) is 12.2 Å². The van der Waals surface area contributed by atoms with E-state index in [-0.39, 0.29) is 63.2 Å². The maximum atomic E-state index is 11.9. The molecule has 4 aromatic rings. The van der Waals surface area contributed by atoms with Crippen molar-refractivity contribution in [2.75, 3.05) is 0 Å². The first-order valence-electron chi connectivity index (χ1n) is 12.9. The average Bonchev–Trinajstić information content (AvgIpc) is 2.92. The molecule has 0 saturated heterocycles. The van der Waals surface area contributed by atoms with Gasteiger partial charge in [0, 0.05) is 46.9 Å². The second-order valence-electron chi connectivity index (χ2n) is 10.5. The van der Waals surface area contributed by atoms with Crippen molar-refractivity contribution in [2.45, 2.75) is 36.4 Å². The summed E-state index contributed by atoms with van der Waals surface area (Å²) in [7, 11) is 0. The van der Waals surface area contributed by atoms with Crippen molar-refractivity contribution in [2.24, 2.45) is 0 Å². The molecule has 216 valence electrons. The minimum atomic E-state index is -2.09. The van der Waals surface area contributed by atoms with Crippen LogP contribution >= 0.6 is 0 Å². The number of aromatic hydroxyl groups is 7. The van der Waals surface area contributed by atoms with Crippen LogP contribution in [0.3, 0.4) is 0 Å². The minimum absolute atomic E-state index is 0.0177. The highest BCUT2D eigenvalue weighted by atomic mass is 16.7. The fourth-order valence-electron chi connectivity index (χ4n) is 6.09. The van der Waals surface area contributed by atoms with Gasteiger partial charge in [-0.1, -0.05) is 6.07 Å². The number of ether oxygens (including phenoxy) is 3. The quantitative estimate of drug-likeness (QED) is 0.158. The van der Waals surface area contributed by atoms with Gasteiger partial charge in [-0.3, -0.25) is 0 Å². The minimum Gasteiger partial charge on any atom is -0.508 e. The Morgan fingerprint density at radius 1 is 0.643 bits per heavy atom. The molecule has 3 heterocycles. The lowest BCUT2D eigenvalue weighted by Gasteiger charge is -2.50. The first kappa shape index (κ1) is 25.7. The van der Waals surface area contributed by atoms with E-state index in [1.807, 2.05) is 0 Å². The summed E-state index contributed by atoms with van der Waals surface area (Å²) in [5, 5.41) is 95.1. The molecule has 0 saturated carbocycles. The van der Waals surface area contributed by atoms with E-state index in [0.717, 1.165) is 12.1 Å². The average molecular weight is 577 g/mol. The van der Waals surface area contributed by atoms with E-state index >= 15 is 0 Å². The zero-order valence-corrected chi connectivity index (χ0v) is 21.5. The van der Waals surface area contributed by atoms with Crippen molar-refractivity contribution in [3.63, 3.8) is 0 Å². The third-order valence-electron chi connectivity index (χ3n) is 8.03. The van der Waals surface area contributed by atoms with Crippen molar-refractivity contribution in [3.05, 3.63) is 82.4 Å². The summed E-state index contributed by atoms with van der Waals surface area (Å²) < 4.78 is 18.6. The third-order valence-corrected chi connectivity index (χ3v) is 8.03. The lowest BCUT2D eigenvalue weighted by atomic mass is 9.74. The molecule has 0 aliphatic carbocycles. The van der Waals surface area contributed by atoms with Crippen molar-refractivity contribution in [3.8, 4) is 57.5 Å². The molecule has 3 aliphatic heterocycles. The van der Waals surface area contributed by atoms with Crippen LogP contribution in [0.5, 0.6) is 57.5 Å². The fraction of sp³-hybridized carbons (Fsp3) is 0.200. The van der Waals surface area contributed by atoms with Crippen LogP contribution in [-0.4, -0.2) is 58.2 Å². The lowest BCUT2D eigenvalue weighted by molar-refractivity contribution is -0.219. The predicted octanol–water partition coefficient (Wildman–Crippen LogP) is 2.79. The van der Waals surface area contributed by atoms with Crippen LogP contribution in [0.4, 0.5) is 0 Å². The summed E-state index contributed by atoms with van der Waals surface area (Å²) >= 11 is 0. The number of hydrogen-bond acceptors (Lipinski definition) is 12. The van der Waals surface area contributed by atoms with Gasteiger partial charge in [0.15, 0.2) is 23.0 Å². The zero-order chi connectivity index (χ0) is 29.7. The number of aliphatic hydroxyl groups excluding tert-OH is 2. The number of phenols is 7. The van der Waals surface area contributed by atoms with Gasteiger partial charge in [0.25, 0.3) is 0 Å². The Bertz CT molecular complexity index is 1790. The smallest absolute Gasteiger partial charge is 0.305 e. The SMILES string of the molecule is Oc1cc(O)c2c(c1)O[C@]1(c3ccc(O)c(O)c3)Oc3cc(O)c4c(c3[C@H]2[C@@H]1O)O[C@@H](c1ccc(O)c(O)c1)[C@H](O)C4. The Labute approximate surface area is 236 Å². The predicted molar refractivity (Wildman–Crippen MR) is 141 cm³/mol. The van der Waals surface area contributed by atoms with E-state index < -0.39 is 53.0 Å². The van der Waals surface area contributed by atoms with Gasteiger partial charge in [-0.15, -0.1) is 0 Å². The highest BCUT2D eigenvalue weighted by molar-refractivity contribution is 5.68. The Hall–Kier alpha value is -5.20. The standard InChI is InChI=1S/C30H24O12/c31-13-7-20(37)24-22(8-13)41-30(12-2-4-16(33)19(36)6-12)29(39)26(24)25-23(42-30)10-17(34)14-9-21(38)27(40-28(14)25)11-1-3-15(32)18(35)5-11/h1-8,10,21,26-27,29,31-39H,9H2/t21-,26+,27+,29+,30-/m1/s1. The second kappa shape index (κ2) is 8.65. The van der Waals surface area contributed by atoms with Gasteiger partial charge in [0.1, 0.15) is 46.7 Å². The molecule has 12 heteroatoms. The van der Waals surface area contributed by atoms with Crippen LogP contribution in [0.2, 0.25) is 0 Å². The third kappa shape index (κ3) is 3.49. The molecule has 0 amide bonds. The highest BCUT2D eigenvalue weighted by Gasteiger charge is 2.60. The van der Waals surface area contributed by atoms with Gasteiger partial charge in [0.05, 0.1) is 12.0 Å². The number of aliphatic hydroxyl groups is 2. The summed E-state index contributed by atoms with van der Waals surface area (Å²) in [6, 6.07) is 11.1. The summed E-state index contributed by atoms with van der Waals surface area (Å²) in [5.74, 6) is -6.11. The zero-order valence-electron chi connectivity index (χ0n) is 21.5. The van der Waals surface area contributed by atoms with E-state index in [1.165, 1.54) is 42.5 Å². The summed E-state index contributed by atoms with van der Waals surface area (Å²) in [6.07, 6.45) is -4.00. The maximum Gasteiger partial charge on any atom is 0.305 e. The van der Waals surface area contributed by atoms with Crippen LogP contribution < -0.4 is 14.2 Å². The second-order valence-corrected chi connectivity index (χ2v) is 10.5. The van der Waals surface area contributed by atoms with Crippen molar-refractivity contribution < 1.29 is 60.2 Å². The van der Waals surface area contributed by atoms with Gasteiger partial charge in [-0.05, 0) is 35.9 Å². The monoisotopic (exact) mass is 576 g/mol. The van der Waals surface area contributed by atoms with Crippen LogP contribution in [0, 0.1) is 0 Å². The summed E-state index contributed by atoms with van der Waals surface area (Å²) in [5.41, 5.74) is 0.842. The molecule has 0 unspecified atom stereocenters. The molecular formula is C30H24O12. The fourth-order valence-corrected chi connectivity index (χ4v) is 6.09. The Balaban J connectivity index is 1.47. The van der Waals surface area contributed by atoms with E-state index in [4.69, 9.17) is 14.2 Å². The highest BCUT2D eigenvalue weighted by Crippen LogP contribution is 2.62. The lowest BCUT2D eigenvalue weighted by Crippen LogP contribution is -2.57. The summed E-state index contributed by atoms with van der Waals surface area (Å²) in [6.45, 7) is 0. The summed E-state index contributed by atoms with van der Waals surface area (Å²) in [4.78, 5) is 0. The normalized spacial score (nSPS) is 25.2. The number of benzene rings is 4. The van der Waals surface area contributed by atoms with Gasteiger partial charge >= 0.3 is 5.79 Å². The van der Waals surface area contributed by atoms with Gasteiger partial charge < -0.3 is 60.2 Å². The molecule has 9 N–H and O–H groups in total. The van der Waals surface area contributed by atoms with E-state index in [9.17, 15) is 46.0 Å². The number of hydrogen-bond donors (Lipinski definition) is 9. The van der Waals surface area contributed by atoms with Crippen molar-refractivity contribution in [1.29, 1.82) is 0 Å². The number of rotatable bonds is 2. The Morgan fingerprint density at radius 2 is 1.31 bits per heavy atom. The topological polar surface area (TPSA) is 210 Å². The number of fused-ring (bicyclic) bond motifs is 8. The van der Waals surface area contributed by atoms with Crippen molar-refractivity contribution in [1.82, 2.24) is 0 Å². The van der Waals surface area contributed by atoms with Crippen LogP contribution in [0.1, 0.15) is 39.8 Å².